The fourth-order valence-electron chi connectivity index (χ4n) is 1.50. The average Bonchev–Trinajstić information content (AvgIpc) is 2.55. The van der Waals surface area contributed by atoms with E-state index in [0.717, 1.165) is 23.6 Å². The van der Waals surface area contributed by atoms with Crippen molar-refractivity contribution in [2.75, 3.05) is 5.33 Å². The van der Waals surface area contributed by atoms with Crippen molar-refractivity contribution >= 4 is 27.3 Å². The van der Waals surface area contributed by atoms with E-state index in [1.54, 1.807) is 11.3 Å². The molecule has 0 aliphatic carbocycles. The van der Waals surface area contributed by atoms with Crippen molar-refractivity contribution in [3.05, 3.63) is 16.6 Å². The van der Waals surface area contributed by atoms with E-state index in [-0.39, 0.29) is 0 Å². The zero-order valence-corrected chi connectivity index (χ0v) is 10.6. The lowest BCUT2D eigenvalue weighted by Crippen LogP contribution is -2.09. The molecule has 13 heavy (non-hydrogen) atoms. The largest absolute Gasteiger partial charge is 0.250 e. The van der Waals surface area contributed by atoms with Crippen molar-refractivity contribution in [3.8, 4) is 0 Å². The molecule has 0 aliphatic heterocycles. The van der Waals surface area contributed by atoms with Gasteiger partial charge in [-0.2, -0.15) is 0 Å². The van der Waals surface area contributed by atoms with Crippen LogP contribution in [0.25, 0.3) is 0 Å². The molecule has 3 heteroatoms. The van der Waals surface area contributed by atoms with Crippen LogP contribution in [0.2, 0.25) is 0 Å². The summed E-state index contributed by atoms with van der Waals surface area (Å²) in [6, 6.07) is 0. The third-order valence-electron chi connectivity index (χ3n) is 2.00. The molecule has 0 bridgehead atoms. The lowest BCUT2D eigenvalue weighted by molar-refractivity contribution is 0.442. The zero-order valence-electron chi connectivity index (χ0n) is 8.16. The molecular weight excluding hydrogens is 246 g/mol. The first kappa shape index (κ1) is 11.2. The van der Waals surface area contributed by atoms with E-state index < -0.39 is 0 Å². The minimum atomic E-state index is 0.738. The van der Waals surface area contributed by atoms with Gasteiger partial charge in [0.25, 0.3) is 0 Å². The second-order valence-corrected chi connectivity index (χ2v) is 5.20. The molecule has 0 saturated heterocycles. The molecule has 1 aromatic rings. The second-order valence-electron chi connectivity index (χ2n) is 3.83. The van der Waals surface area contributed by atoms with Crippen LogP contribution in [0.15, 0.2) is 10.9 Å². The van der Waals surface area contributed by atoms with Gasteiger partial charge >= 0.3 is 0 Å². The van der Waals surface area contributed by atoms with Crippen molar-refractivity contribution in [1.82, 2.24) is 4.98 Å². The van der Waals surface area contributed by atoms with Crippen LogP contribution in [0, 0.1) is 11.8 Å². The summed E-state index contributed by atoms with van der Waals surface area (Å²) in [5.41, 5.74) is 3.16. The van der Waals surface area contributed by atoms with Crippen molar-refractivity contribution in [2.24, 2.45) is 11.8 Å². The van der Waals surface area contributed by atoms with Crippen LogP contribution in [-0.4, -0.2) is 10.3 Å². The maximum atomic E-state index is 4.31. The molecule has 1 unspecified atom stereocenters. The highest BCUT2D eigenvalue weighted by atomic mass is 79.9. The van der Waals surface area contributed by atoms with Crippen molar-refractivity contribution in [1.29, 1.82) is 0 Å². The third-order valence-corrected chi connectivity index (χ3v) is 3.56. The second kappa shape index (κ2) is 5.76. The van der Waals surface area contributed by atoms with E-state index in [1.807, 2.05) is 5.51 Å². The normalized spacial score (nSPS) is 13.5. The van der Waals surface area contributed by atoms with Crippen molar-refractivity contribution in [2.45, 2.75) is 26.7 Å². The number of hydrogen-bond acceptors (Lipinski definition) is 2. The van der Waals surface area contributed by atoms with Crippen molar-refractivity contribution < 1.29 is 0 Å². The number of aromatic nitrogens is 1. The van der Waals surface area contributed by atoms with E-state index in [1.165, 1.54) is 12.1 Å². The molecular formula is C10H16BrNS. The molecule has 0 aromatic carbocycles. The molecule has 0 saturated carbocycles. The van der Waals surface area contributed by atoms with Crippen LogP contribution in [-0.2, 0) is 6.42 Å². The van der Waals surface area contributed by atoms with Gasteiger partial charge in [0.2, 0.25) is 0 Å². The SMILES string of the molecule is CC(C)CC(CBr)Cc1cscn1. The van der Waals surface area contributed by atoms with Crippen LogP contribution in [0.4, 0.5) is 0 Å². The highest BCUT2D eigenvalue weighted by Gasteiger charge is 2.11. The molecule has 0 radical (unpaired) electrons. The quantitative estimate of drug-likeness (QED) is 0.736. The predicted octanol–water partition coefficient (Wildman–Crippen LogP) is 3.74. The zero-order chi connectivity index (χ0) is 9.68. The van der Waals surface area contributed by atoms with Gasteiger partial charge in [-0.25, -0.2) is 4.98 Å². The van der Waals surface area contributed by atoms with E-state index in [9.17, 15) is 0 Å². The number of rotatable bonds is 5. The van der Waals surface area contributed by atoms with Crippen LogP contribution >= 0.6 is 27.3 Å². The van der Waals surface area contributed by atoms with Gasteiger partial charge < -0.3 is 0 Å². The number of nitrogens with zero attached hydrogens (tertiary/aromatic N) is 1. The average molecular weight is 262 g/mol. The van der Waals surface area contributed by atoms with E-state index in [4.69, 9.17) is 0 Å². The van der Waals surface area contributed by atoms with Crippen LogP contribution < -0.4 is 0 Å². The van der Waals surface area contributed by atoms with Crippen LogP contribution in [0.3, 0.4) is 0 Å². The third kappa shape index (κ3) is 4.23. The number of hydrogen-bond donors (Lipinski definition) is 0. The predicted molar refractivity (Wildman–Crippen MR) is 62.6 cm³/mol. The monoisotopic (exact) mass is 261 g/mol. The molecule has 74 valence electrons. The highest BCUT2D eigenvalue weighted by Crippen LogP contribution is 2.19. The number of halogens is 1. The molecule has 0 spiro atoms. The molecule has 0 amide bonds. The van der Waals surface area contributed by atoms with Gasteiger partial charge in [0.1, 0.15) is 0 Å². The first-order chi connectivity index (χ1) is 6.22. The summed E-state index contributed by atoms with van der Waals surface area (Å²) in [6.45, 7) is 4.55. The number of thiazole rings is 1. The fraction of sp³-hybridized carbons (Fsp3) is 0.700. The van der Waals surface area contributed by atoms with Crippen molar-refractivity contribution in [3.63, 3.8) is 0 Å². The topological polar surface area (TPSA) is 12.9 Å². The molecule has 1 nitrogen and oxygen atoms in total. The molecule has 0 N–H and O–H groups in total. The molecule has 1 aromatic heterocycles. The molecule has 1 rings (SSSR count). The van der Waals surface area contributed by atoms with E-state index >= 15 is 0 Å². The summed E-state index contributed by atoms with van der Waals surface area (Å²) >= 11 is 5.25. The minimum Gasteiger partial charge on any atom is -0.250 e. The first-order valence-electron chi connectivity index (χ1n) is 4.65. The van der Waals surface area contributed by atoms with Gasteiger partial charge in [-0.3, -0.25) is 0 Å². The minimum absolute atomic E-state index is 0.738. The van der Waals surface area contributed by atoms with Gasteiger partial charge in [-0.15, -0.1) is 11.3 Å². The molecule has 1 atom stereocenters. The molecule has 1 heterocycles. The summed E-state index contributed by atoms with van der Waals surface area (Å²) in [5, 5.41) is 3.23. The summed E-state index contributed by atoms with van der Waals surface area (Å²) in [6.07, 6.45) is 2.40. The summed E-state index contributed by atoms with van der Waals surface area (Å²) in [7, 11) is 0. The molecule has 0 fully saturated rings. The lowest BCUT2D eigenvalue weighted by atomic mass is 9.95. The number of alkyl halides is 1. The van der Waals surface area contributed by atoms with Crippen LogP contribution in [0.5, 0.6) is 0 Å². The summed E-state index contributed by atoms with van der Waals surface area (Å²) in [4.78, 5) is 4.31. The van der Waals surface area contributed by atoms with Gasteiger partial charge in [-0.1, -0.05) is 29.8 Å². The Morgan fingerprint density at radius 3 is 2.77 bits per heavy atom. The van der Waals surface area contributed by atoms with E-state index in [2.05, 4.69) is 40.1 Å². The summed E-state index contributed by atoms with van der Waals surface area (Å²) in [5.74, 6) is 1.52. The van der Waals surface area contributed by atoms with Gasteiger partial charge in [0.15, 0.2) is 0 Å². The lowest BCUT2D eigenvalue weighted by Gasteiger charge is -2.14. The maximum absolute atomic E-state index is 4.31. The fourth-order valence-corrected chi connectivity index (χ4v) is 2.57. The Bertz CT molecular complexity index is 221. The Balaban J connectivity index is 2.40. The highest BCUT2D eigenvalue weighted by molar-refractivity contribution is 9.09. The van der Waals surface area contributed by atoms with Gasteiger partial charge in [-0.05, 0) is 24.7 Å². The Hall–Kier alpha value is 0.110. The Morgan fingerprint density at radius 1 is 1.54 bits per heavy atom. The first-order valence-corrected chi connectivity index (χ1v) is 6.71. The van der Waals surface area contributed by atoms with Gasteiger partial charge in [0, 0.05) is 10.7 Å². The van der Waals surface area contributed by atoms with E-state index in [0.29, 0.717) is 0 Å². The van der Waals surface area contributed by atoms with Crippen LogP contribution in [0.1, 0.15) is 26.0 Å². The smallest absolute Gasteiger partial charge is 0.0794 e. The maximum Gasteiger partial charge on any atom is 0.0794 e. The van der Waals surface area contributed by atoms with Gasteiger partial charge in [0.05, 0.1) is 11.2 Å². The Morgan fingerprint density at radius 2 is 2.31 bits per heavy atom. The standard InChI is InChI=1S/C10H16BrNS/c1-8(2)3-9(5-11)4-10-6-13-7-12-10/h6-9H,3-5H2,1-2H3. The summed E-state index contributed by atoms with van der Waals surface area (Å²) < 4.78 is 0. The Labute approximate surface area is 92.7 Å². The molecule has 0 aliphatic rings. The Kier molecular flexibility index (Phi) is 4.96.